The number of nitrogens with one attached hydrogen (secondary N) is 2. The number of nitrogens with zero attached hydrogens (tertiary/aromatic N) is 2. The molecule has 1 heterocycles. The number of aromatic nitrogens is 2. The van der Waals surface area contributed by atoms with Crippen molar-refractivity contribution < 1.29 is 33.7 Å². The number of methoxy groups -OCH3 is 1. The lowest BCUT2D eigenvalue weighted by Crippen LogP contribution is -2.41. The van der Waals surface area contributed by atoms with Crippen molar-refractivity contribution in [3.05, 3.63) is 59.4 Å². The highest BCUT2D eigenvalue weighted by molar-refractivity contribution is 5.95. The SMILES string of the molecule is COc1cccc(O)c1-c1cc(C(=O)N[C@H](CC(=O)NCC(=O)O)CC(C)C)nn1C1=C=C=C(F)C=C1. The summed E-state index contributed by atoms with van der Waals surface area (Å²) in [6, 6.07) is 5.50. The Morgan fingerprint density at radius 3 is 2.59 bits per heavy atom. The van der Waals surface area contributed by atoms with Gasteiger partial charge in [-0.25, -0.2) is 4.68 Å². The number of halogens is 1. The average Bonchev–Trinajstić information content (AvgIpc) is 3.27. The molecule has 0 spiro atoms. The fourth-order valence-corrected chi connectivity index (χ4v) is 3.78. The molecule has 0 unspecified atom stereocenters. The summed E-state index contributed by atoms with van der Waals surface area (Å²) in [6.45, 7) is 3.32. The van der Waals surface area contributed by atoms with Crippen molar-refractivity contribution >= 4 is 23.5 Å². The van der Waals surface area contributed by atoms with Gasteiger partial charge in [0.25, 0.3) is 5.91 Å². The summed E-state index contributed by atoms with van der Waals surface area (Å²) >= 11 is 0. The smallest absolute Gasteiger partial charge is 0.322 e. The van der Waals surface area contributed by atoms with E-state index in [1.54, 1.807) is 12.1 Å². The lowest BCUT2D eigenvalue weighted by molar-refractivity contribution is -0.138. The summed E-state index contributed by atoms with van der Waals surface area (Å²) in [5.41, 5.74) is 5.69. The third-order valence-electron chi connectivity index (χ3n) is 5.31. The molecule has 0 bridgehead atoms. The molecule has 0 aliphatic heterocycles. The normalized spacial score (nSPS) is 13.1. The maximum Gasteiger partial charge on any atom is 0.322 e. The maximum atomic E-state index is 13.5. The fraction of sp³-hybridized carbons (Fsp3) is 0.308. The van der Waals surface area contributed by atoms with Crippen LogP contribution in [-0.2, 0) is 9.59 Å². The molecule has 4 N–H and O–H groups in total. The number of ether oxygens (including phenoxy) is 1. The zero-order chi connectivity index (χ0) is 27.1. The number of allylic oxidation sites excluding steroid dienone is 4. The second-order valence-corrected chi connectivity index (χ2v) is 8.67. The Morgan fingerprint density at radius 1 is 1.22 bits per heavy atom. The molecule has 37 heavy (non-hydrogen) atoms. The lowest BCUT2D eigenvalue weighted by Gasteiger charge is -2.19. The van der Waals surface area contributed by atoms with Crippen molar-refractivity contribution in [2.75, 3.05) is 13.7 Å². The largest absolute Gasteiger partial charge is 0.507 e. The van der Waals surface area contributed by atoms with Gasteiger partial charge in [0.05, 0.1) is 18.4 Å². The lowest BCUT2D eigenvalue weighted by atomic mass is 10.0. The summed E-state index contributed by atoms with van der Waals surface area (Å²) in [7, 11) is 1.43. The highest BCUT2D eigenvalue weighted by Gasteiger charge is 2.25. The second-order valence-electron chi connectivity index (χ2n) is 8.67. The number of carbonyl (C=O) groups is 3. The van der Waals surface area contributed by atoms with Crippen LogP contribution in [0.15, 0.2) is 53.7 Å². The summed E-state index contributed by atoms with van der Waals surface area (Å²) in [4.78, 5) is 36.2. The third-order valence-corrected chi connectivity index (χ3v) is 5.31. The van der Waals surface area contributed by atoms with Crippen LogP contribution in [0.25, 0.3) is 17.0 Å². The second kappa shape index (κ2) is 11.9. The predicted molar refractivity (Wildman–Crippen MR) is 132 cm³/mol. The summed E-state index contributed by atoms with van der Waals surface area (Å²) in [5.74, 6) is -2.62. The molecule has 1 aromatic carbocycles. The predicted octanol–water partition coefficient (Wildman–Crippen LogP) is 3.02. The summed E-state index contributed by atoms with van der Waals surface area (Å²) < 4.78 is 20.2. The number of carboxylic acid groups (broad SMARTS) is 1. The highest BCUT2D eigenvalue weighted by Crippen LogP contribution is 2.39. The molecular weight excluding hydrogens is 483 g/mol. The quantitative estimate of drug-likeness (QED) is 0.340. The van der Waals surface area contributed by atoms with Crippen LogP contribution in [0.4, 0.5) is 4.39 Å². The zero-order valence-electron chi connectivity index (χ0n) is 20.5. The van der Waals surface area contributed by atoms with E-state index in [-0.39, 0.29) is 40.7 Å². The average molecular weight is 511 g/mol. The van der Waals surface area contributed by atoms with Gasteiger partial charge >= 0.3 is 5.97 Å². The van der Waals surface area contributed by atoms with Gasteiger partial charge in [-0.1, -0.05) is 19.9 Å². The summed E-state index contributed by atoms with van der Waals surface area (Å²) in [6.07, 6.45) is 2.88. The van der Waals surface area contributed by atoms with Crippen LogP contribution >= 0.6 is 0 Å². The Bertz CT molecular complexity index is 1350. The van der Waals surface area contributed by atoms with Crippen molar-refractivity contribution in [3.8, 4) is 22.8 Å². The number of phenolic OH excluding ortho intramolecular Hbond substituents is 1. The van der Waals surface area contributed by atoms with Gasteiger partial charge in [-0.05, 0) is 54.2 Å². The number of carbonyl (C=O) groups excluding carboxylic acids is 2. The Balaban J connectivity index is 1.99. The molecule has 0 fully saturated rings. The number of aromatic hydroxyl groups is 1. The van der Waals surface area contributed by atoms with Crippen LogP contribution in [0.5, 0.6) is 11.5 Å². The molecule has 2 aromatic rings. The highest BCUT2D eigenvalue weighted by atomic mass is 19.1. The van der Waals surface area contributed by atoms with Crippen LogP contribution < -0.4 is 15.4 Å². The molecule has 1 aliphatic carbocycles. The number of amides is 2. The number of phenols is 1. The molecule has 10 nitrogen and oxygen atoms in total. The molecule has 3 rings (SSSR count). The van der Waals surface area contributed by atoms with Crippen LogP contribution in [0.3, 0.4) is 0 Å². The van der Waals surface area contributed by atoms with Gasteiger partial charge in [0.15, 0.2) is 11.5 Å². The monoisotopic (exact) mass is 510 g/mol. The Kier molecular flexibility index (Phi) is 8.68. The Labute approximate surface area is 212 Å². The van der Waals surface area contributed by atoms with Gasteiger partial charge in [0.1, 0.15) is 23.7 Å². The van der Waals surface area contributed by atoms with Gasteiger partial charge < -0.3 is 25.6 Å². The van der Waals surface area contributed by atoms with Gasteiger partial charge in [0, 0.05) is 12.5 Å². The first-order valence-corrected chi connectivity index (χ1v) is 11.4. The first-order valence-electron chi connectivity index (χ1n) is 11.4. The van der Waals surface area contributed by atoms with E-state index >= 15 is 0 Å². The van der Waals surface area contributed by atoms with Gasteiger partial charge in [-0.2, -0.15) is 9.49 Å². The van der Waals surface area contributed by atoms with E-state index in [9.17, 15) is 23.9 Å². The maximum absolute atomic E-state index is 13.5. The molecule has 2 amide bonds. The topological polar surface area (TPSA) is 143 Å². The standard InChI is InChI=1S/C26H27FN4O6/c1-15(2)11-17(12-23(33)28-14-24(34)35)29-26(36)19-13-20(25-21(32)5-4-6-22(25)37-3)31(30-19)18-9-7-16(27)8-10-18/h4-7,9,13,15,17,32H,11-12,14H2,1-3H3,(H,28,33)(H,29,36)(H,34,35)/t17-/m0/s1. The van der Waals surface area contributed by atoms with E-state index in [1.807, 2.05) is 13.8 Å². The van der Waals surface area contributed by atoms with Crippen molar-refractivity contribution in [1.82, 2.24) is 20.4 Å². The molecule has 194 valence electrons. The Hall–Kier alpha value is -4.59. The molecule has 0 saturated heterocycles. The first-order chi connectivity index (χ1) is 17.6. The number of rotatable bonds is 11. The molecule has 0 radical (unpaired) electrons. The van der Waals surface area contributed by atoms with E-state index in [2.05, 4.69) is 27.2 Å². The summed E-state index contributed by atoms with van der Waals surface area (Å²) in [5, 5.41) is 28.8. The fourth-order valence-electron chi connectivity index (χ4n) is 3.78. The third kappa shape index (κ3) is 6.98. The van der Waals surface area contributed by atoms with Crippen molar-refractivity contribution in [2.45, 2.75) is 32.7 Å². The number of benzene rings is 1. The van der Waals surface area contributed by atoms with Gasteiger partial charge in [-0.3, -0.25) is 14.4 Å². The zero-order valence-corrected chi connectivity index (χ0v) is 20.5. The first kappa shape index (κ1) is 27.0. The van der Waals surface area contributed by atoms with Crippen LogP contribution in [0.1, 0.15) is 37.2 Å². The number of hydrogen-bond donors (Lipinski definition) is 4. The van der Waals surface area contributed by atoms with E-state index in [0.29, 0.717) is 12.2 Å². The molecule has 0 saturated carbocycles. The van der Waals surface area contributed by atoms with Crippen LogP contribution in [0.2, 0.25) is 0 Å². The number of aliphatic carboxylic acids is 1. The Morgan fingerprint density at radius 2 is 1.97 bits per heavy atom. The molecule has 1 aliphatic rings. The van der Waals surface area contributed by atoms with Gasteiger partial charge in [-0.15, -0.1) is 0 Å². The molecular formula is C26H27FN4O6. The minimum Gasteiger partial charge on any atom is -0.507 e. The molecule has 11 heteroatoms. The van der Waals surface area contributed by atoms with Crippen LogP contribution in [-0.4, -0.2) is 57.5 Å². The molecule has 1 atom stereocenters. The van der Waals surface area contributed by atoms with E-state index < -0.39 is 36.2 Å². The molecule has 1 aromatic heterocycles. The minimum atomic E-state index is -1.18. The van der Waals surface area contributed by atoms with E-state index in [1.165, 1.54) is 30.0 Å². The number of hydrogen-bond acceptors (Lipinski definition) is 6. The van der Waals surface area contributed by atoms with E-state index in [0.717, 1.165) is 6.08 Å². The van der Waals surface area contributed by atoms with Crippen molar-refractivity contribution in [3.63, 3.8) is 0 Å². The van der Waals surface area contributed by atoms with Crippen molar-refractivity contribution in [1.29, 1.82) is 0 Å². The minimum absolute atomic E-state index is 0.0438. The number of carboxylic acids is 1. The van der Waals surface area contributed by atoms with Gasteiger partial charge in [0.2, 0.25) is 5.91 Å². The van der Waals surface area contributed by atoms with Crippen LogP contribution in [0, 0.1) is 5.92 Å². The van der Waals surface area contributed by atoms with E-state index in [4.69, 9.17) is 9.84 Å². The van der Waals surface area contributed by atoms with Crippen molar-refractivity contribution in [2.24, 2.45) is 5.92 Å².